The fraction of sp³-hybridized carbons (Fsp3) is 0.357. The number of aromatic nitrogens is 1. The zero-order valence-electron chi connectivity index (χ0n) is 10.8. The first-order valence-corrected chi connectivity index (χ1v) is 6.14. The summed E-state index contributed by atoms with van der Waals surface area (Å²) in [6.45, 7) is 5.16. The number of ether oxygens (including phenoxy) is 1. The summed E-state index contributed by atoms with van der Waals surface area (Å²) in [7, 11) is 0. The van der Waals surface area contributed by atoms with Gasteiger partial charge >= 0.3 is 0 Å². The smallest absolute Gasteiger partial charge is 0.170 e. The van der Waals surface area contributed by atoms with Crippen molar-refractivity contribution in [3.05, 3.63) is 35.5 Å². The van der Waals surface area contributed by atoms with E-state index >= 15 is 0 Å². The molecule has 0 amide bonds. The summed E-state index contributed by atoms with van der Waals surface area (Å²) in [5, 5.41) is 4.01. The van der Waals surface area contributed by atoms with Gasteiger partial charge in [0.25, 0.3) is 0 Å². The van der Waals surface area contributed by atoms with Crippen LogP contribution in [0.3, 0.4) is 0 Å². The molecule has 0 radical (unpaired) electrons. The van der Waals surface area contributed by atoms with E-state index in [9.17, 15) is 0 Å². The van der Waals surface area contributed by atoms with E-state index in [-0.39, 0.29) is 0 Å². The third kappa shape index (κ3) is 2.54. The first-order chi connectivity index (χ1) is 8.76. The molecule has 0 spiro atoms. The van der Waals surface area contributed by atoms with Gasteiger partial charge in [0.05, 0.1) is 12.3 Å². The van der Waals surface area contributed by atoms with Gasteiger partial charge in [-0.2, -0.15) is 0 Å². The second-order valence-corrected chi connectivity index (χ2v) is 4.07. The molecule has 1 aromatic heterocycles. The minimum atomic E-state index is 0.589. The van der Waals surface area contributed by atoms with Crippen molar-refractivity contribution < 1.29 is 9.26 Å². The number of aryl methyl sites for hydroxylation is 1. The molecule has 18 heavy (non-hydrogen) atoms. The lowest BCUT2D eigenvalue weighted by atomic mass is 10.0. The lowest BCUT2D eigenvalue weighted by Crippen LogP contribution is -2.04. The molecule has 2 N–H and O–H groups in total. The summed E-state index contributed by atoms with van der Waals surface area (Å²) in [4.78, 5) is 0. The van der Waals surface area contributed by atoms with E-state index in [1.54, 1.807) is 0 Å². The van der Waals surface area contributed by atoms with Gasteiger partial charge in [0.1, 0.15) is 5.75 Å². The fourth-order valence-corrected chi connectivity index (χ4v) is 1.92. The minimum absolute atomic E-state index is 0.589. The molecule has 0 fully saturated rings. The van der Waals surface area contributed by atoms with E-state index in [2.05, 4.69) is 5.16 Å². The third-order valence-electron chi connectivity index (χ3n) is 2.81. The van der Waals surface area contributed by atoms with E-state index in [0.29, 0.717) is 13.2 Å². The summed E-state index contributed by atoms with van der Waals surface area (Å²) >= 11 is 0. The van der Waals surface area contributed by atoms with Crippen molar-refractivity contribution in [2.75, 3.05) is 13.2 Å². The zero-order valence-corrected chi connectivity index (χ0v) is 10.8. The van der Waals surface area contributed by atoms with Crippen molar-refractivity contribution in [3.63, 3.8) is 0 Å². The first-order valence-electron chi connectivity index (χ1n) is 6.14. The van der Waals surface area contributed by atoms with Crippen molar-refractivity contribution >= 4 is 0 Å². The number of rotatable bonds is 5. The largest absolute Gasteiger partial charge is 0.494 e. The van der Waals surface area contributed by atoms with E-state index in [1.807, 2.05) is 38.1 Å². The van der Waals surface area contributed by atoms with Gasteiger partial charge < -0.3 is 15.0 Å². The Bertz CT molecular complexity index is 503. The van der Waals surface area contributed by atoms with Crippen LogP contribution in [0, 0.1) is 6.92 Å². The molecular formula is C14H18N2O2. The van der Waals surface area contributed by atoms with Crippen molar-refractivity contribution in [2.24, 2.45) is 5.73 Å². The Kier molecular flexibility index (Phi) is 3.99. The van der Waals surface area contributed by atoms with Crippen LogP contribution in [0.15, 0.2) is 28.8 Å². The maximum Gasteiger partial charge on any atom is 0.170 e. The van der Waals surface area contributed by atoms with Gasteiger partial charge in [-0.05, 0) is 51.1 Å². The molecule has 0 aliphatic heterocycles. The lowest BCUT2D eigenvalue weighted by Gasteiger charge is -2.04. The van der Waals surface area contributed by atoms with Gasteiger partial charge in [-0.25, -0.2) is 0 Å². The van der Waals surface area contributed by atoms with Crippen LogP contribution in [0.25, 0.3) is 11.3 Å². The SMILES string of the molecule is CCOc1ccc(-c2onc(C)c2CCN)cc1. The molecule has 1 aromatic carbocycles. The Balaban J connectivity index is 2.30. The average Bonchev–Trinajstić information content (AvgIpc) is 2.73. The minimum Gasteiger partial charge on any atom is -0.494 e. The normalized spacial score (nSPS) is 10.6. The van der Waals surface area contributed by atoms with Gasteiger partial charge in [-0.3, -0.25) is 0 Å². The average molecular weight is 246 g/mol. The number of nitrogens with two attached hydrogens (primary N) is 1. The van der Waals surface area contributed by atoms with Gasteiger partial charge in [0, 0.05) is 11.1 Å². The Morgan fingerprint density at radius 3 is 2.61 bits per heavy atom. The molecule has 0 unspecified atom stereocenters. The van der Waals surface area contributed by atoms with Gasteiger partial charge in [-0.1, -0.05) is 5.16 Å². The van der Waals surface area contributed by atoms with Crippen LogP contribution in [0.5, 0.6) is 5.75 Å². The predicted molar refractivity (Wildman–Crippen MR) is 70.6 cm³/mol. The maximum absolute atomic E-state index is 5.61. The van der Waals surface area contributed by atoms with Gasteiger partial charge in [0.2, 0.25) is 0 Å². The fourth-order valence-electron chi connectivity index (χ4n) is 1.92. The molecule has 2 aromatic rings. The quantitative estimate of drug-likeness (QED) is 0.880. The zero-order chi connectivity index (χ0) is 13.0. The van der Waals surface area contributed by atoms with Crippen molar-refractivity contribution in [1.29, 1.82) is 0 Å². The lowest BCUT2D eigenvalue weighted by molar-refractivity contribution is 0.340. The van der Waals surface area contributed by atoms with Crippen LogP contribution in [0.4, 0.5) is 0 Å². The molecule has 0 saturated heterocycles. The summed E-state index contributed by atoms with van der Waals surface area (Å²) < 4.78 is 10.8. The molecular weight excluding hydrogens is 228 g/mol. The summed E-state index contributed by atoms with van der Waals surface area (Å²) in [6, 6.07) is 7.82. The first kappa shape index (κ1) is 12.6. The third-order valence-corrected chi connectivity index (χ3v) is 2.81. The molecule has 1 heterocycles. The maximum atomic E-state index is 5.61. The molecule has 96 valence electrons. The summed E-state index contributed by atoms with van der Waals surface area (Å²) in [5.74, 6) is 1.67. The molecule has 4 heteroatoms. The highest BCUT2D eigenvalue weighted by molar-refractivity contribution is 5.62. The highest BCUT2D eigenvalue weighted by Gasteiger charge is 2.13. The molecule has 0 bridgehead atoms. The van der Waals surface area contributed by atoms with Gasteiger partial charge in [-0.15, -0.1) is 0 Å². The van der Waals surface area contributed by atoms with Crippen LogP contribution in [0.1, 0.15) is 18.2 Å². The number of nitrogens with zero attached hydrogens (tertiary/aromatic N) is 1. The standard InChI is InChI=1S/C14H18N2O2/c1-3-17-12-6-4-11(5-7-12)14-13(8-9-15)10(2)16-18-14/h4-7H,3,8-9,15H2,1-2H3. The molecule has 2 rings (SSSR count). The predicted octanol–water partition coefficient (Wildman–Crippen LogP) is 2.55. The van der Waals surface area contributed by atoms with Crippen LogP contribution >= 0.6 is 0 Å². The highest BCUT2D eigenvalue weighted by Crippen LogP contribution is 2.27. The number of hydrogen-bond acceptors (Lipinski definition) is 4. The molecule has 0 saturated carbocycles. The second kappa shape index (κ2) is 5.69. The Morgan fingerprint density at radius 1 is 1.28 bits per heavy atom. The van der Waals surface area contributed by atoms with E-state index in [1.165, 1.54) is 0 Å². The summed E-state index contributed by atoms with van der Waals surface area (Å²) in [5.41, 5.74) is 8.60. The van der Waals surface area contributed by atoms with Gasteiger partial charge in [0.15, 0.2) is 5.76 Å². The van der Waals surface area contributed by atoms with Crippen LogP contribution in [0.2, 0.25) is 0 Å². The molecule has 0 aliphatic carbocycles. The van der Waals surface area contributed by atoms with E-state index in [0.717, 1.165) is 34.8 Å². The second-order valence-electron chi connectivity index (χ2n) is 4.07. The number of benzene rings is 1. The Hall–Kier alpha value is -1.81. The van der Waals surface area contributed by atoms with Crippen molar-refractivity contribution in [2.45, 2.75) is 20.3 Å². The monoisotopic (exact) mass is 246 g/mol. The molecule has 4 nitrogen and oxygen atoms in total. The van der Waals surface area contributed by atoms with Crippen molar-refractivity contribution in [3.8, 4) is 17.1 Å². The van der Waals surface area contributed by atoms with Crippen LogP contribution in [-0.2, 0) is 6.42 Å². The summed E-state index contributed by atoms with van der Waals surface area (Å²) in [6.07, 6.45) is 0.776. The Morgan fingerprint density at radius 2 is 2.00 bits per heavy atom. The van der Waals surface area contributed by atoms with Crippen LogP contribution in [-0.4, -0.2) is 18.3 Å². The van der Waals surface area contributed by atoms with E-state index in [4.69, 9.17) is 15.0 Å². The molecule has 0 atom stereocenters. The van der Waals surface area contributed by atoms with Crippen LogP contribution < -0.4 is 10.5 Å². The van der Waals surface area contributed by atoms with E-state index < -0.39 is 0 Å². The molecule has 0 aliphatic rings. The highest BCUT2D eigenvalue weighted by atomic mass is 16.5. The topological polar surface area (TPSA) is 61.3 Å². The van der Waals surface area contributed by atoms with Crippen molar-refractivity contribution in [1.82, 2.24) is 5.16 Å². The number of hydrogen-bond donors (Lipinski definition) is 1. The Labute approximate surface area is 107 Å².